The number of alkyl halides is 3. The van der Waals surface area contributed by atoms with Crippen molar-refractivity contribution >= 4 is 16.9 Å². The minimum Gasteiger partial charge on any atom is -0.396 e. The van der Waals surface area contributed by atoms with Crippen LogP contribution < -0.4 is 5.73 Å². The summed E-state index contributed by atoms with van der Waals surface area (Å²) in [5.41, 5.74) is 7.49. The molecule has 0 atom stereocenters. The molecule has 3 aromatic heterocycles. The molecule has 6 nitrogen and oxygen atoms in total. The lowest BCUT2D eigenvalue weighted by molar-refractivity contribution is -0.141. The van der Waals surface area contributed by atoms with E-state index in [1.165, 1.54) is 6.07 Å². The van der Waals surface area contributed by atoms with E-state index in [0.29, 0.717) is 28.0 Å². The fourth-order valence-electron chi connectivity index (χ4n) is 2.16. The first-order chi connectivity index (χ1) is 10.4. The van der Waals surface area contributed by atoms with Gasteiger partial charge in [-0.1, -0.05) is 0 Å². The summed E-state index contributed by atoms with van der Waals surface area (Å²) in [4.78, 5) is 7.51. The van der Waals surface area contributed by atoms with Gasteiger partial charge in [0.1, 0.15) is 5.69 Å². The maximum Gasteiger partial charge on any atom is 0.433 e. The van der Waals surface area contributed by atoms with Gasteiger partial charge in [-0.2, -0.15) is 13.2 Å². The van der Waals surface area contributed by atoms with E-state index in [1.807, 2.05) is 0 Å². The number of hydrogen-bond donors (Lipinski definition) is 1. The average molecular weight is 309 g/mol. The number of aryl methyl sites for hydroxylation is 1. The van der Waals surface area contributed by atoms with Crippen molar-refractivity contribution in [3.05, 3.63) is 40.8 Å². The van der Waals surface area contributed by atoms with Crippen molar-refractivity contribution in [1.29, 1.82) is 0 Å². The van der Waals surface area contributed by atoms with Crippen LogP contribution in [0.15, 0.2) is 23.0 Å². The monoisotopic (exact) mass is 309 g/mol. The summed E-state index contributed by atoms with van der Waals surface area (Å²) in [6, 6.07) is 2.49. The van der Waals surface area contributed by atoms with Crippen LogP contribution in [0, 0.1) is 6.92 Å². The second-order valence-electron chi connectivity index (χ2n) is 4.75. The van der Waals surface area contributed by atoms with E-state index in [2.05, 4.69) is 24.9 Å². The zero-order valence-corrected chi connectivity index (χ0v) is 11.3. The second kappa shape index (κ2) is 4.93. The maximum atomic E-state index is 12.7. The molecule has 114 valence electrons. The van der Waals surface area contributed by atoms with Crippen molar-refractivity contribution in [2.24, 2.45) is 0 Å². The van der Waals surface area contributed by atoms with Crippen LogP contribution in [0.4, 0.5) is 18.9 Å². The number of anilines is 1. The molecule has 3 aromatic rings. The number of rotatable bonds is 2. The molecule has 0 unspecified atom stereocenters. The Morgan fingerprint density at radius 1 is 1.27 bits per heavy atom. The molecule has 0 radical (unpaired) electrons. The van der Waals surface area contributed by atoms with Gasteiger partial charge in [0.25, 0.3) is 0 Å². The van der Waals surface area contributed by atoms with Gasteiger partial charge in [0.15, 0.2) is 5.52 Å². The summed E-state index contributed by atoms with van der Waals surface area (Å²) in [5, 5.41) is 7.25. The highest BCUT2D eigenvalue weighted by molar-refractivity contribution is 5.85. The highest BCUT2D eigenvalue weighted by Gasteiger charge is 2.32. The highest BCUT2D eigenvalue weighted by Crippen LogP contribution is 2.30. The minimum absolute atomic E-state index is 0.180. The summed E-state index contributed by atoms with van der Waals surface area (Å²) in [6.45, 7) is 1.70. The molecule has 0 aliphatic heterocycles. The smallest absolute Gasteiger partial charge is 0.396 e. The van der Waals surface area contributed by atoms with Gasteiger partial charge in [0.2, 0.25) is 5.65 Å². The lowest BCUT2D eigenvalue weighted by Gasteiger charge is -2.10. The SMILES string of the molecule is Cc1nc2nonc2c(N)c1Cc1ccnc(C(F)(F)F)c1. The van der Waals surface area contributed by atoms with Gasteiger partial charge in [0.05, 0.1) is 5.69 Å². The third kappa shape index (κ3) is 2.45. The van der Waals surface area contributed by atoms with Gasteiger partial charge < -0.3 is 5.73 Å². The van der Waals surface area contributed by atoms with Crippen molar-refractivity contribution in [3.63, 3.8) is 0 Å². The molecule has 9 heteroatoms. The van der Waals surface area contributed by atoms with E-state index >= 15 is 0 Å². The molecule has 3 rings (SSSR count). The predicted molar refractivity (Wildman–Crippen MR) is 70.8 cm³/mol. The predicted octanol–water partition coefficient (Wildman–Crippen LogP) is 2.51. The quantitative estimate of drug-likeness (QED) is 0.782. The van der Waals surface area contributed by atoms with Crippen LogP contribution in [0.2, 0.25) is 0 Å². The number of halogens is 3. The van der Waals surface area contributed by atoms with E-state index in [9.17, 15) is 13.2 Å². The van der Waals surface area contributed by atoms with Crippen molar-refractivity contribution in [2.75, 3.05) is 5.73 Å². The number of nitrogens with zero attached hydrogens (tertiary/aromatic N) is 4. The van der Waals surface area contributed by atoms with Crippen LogP contribution in [-0.2, 0) is 12.6 Å². The van der Waals surface area contributed by atoms with Gasteiger partial charge in [-0.25, -0.2) is 9.61 Å². The van der Waals surface area contributed by atoms with Crippen molar-refractivity contribution < 1.29 is 17.8 Å². The molecule has 0 saturated heterocycles. The Bertz CT molecular complexity index is 843. The fraction of sp³-hybridized carbons (Fsp3) is 0.231. The lowest BCUT2D eigenvalue weighted by atomic mass is 10.0. The largest absolute Gasteiger partial charge is 0.433 e. The maximum absolute atomic E-state index is 12.7. The Balaban J connectivity index is 2.03. The number of fused-ring (bicyclic) bond motifs is 1. The van der Waals surface area contributed by atoms with E-state index in [1.54, 1.807) is 6.92 Å². The molecule has 0 amide bonds. The average Bonchev–Trinajstić information content (AvgIpc) is 2.91. The van der Waals surface area contributed by atoms with Crippen molar-refractivity contribution in [1.82, 2.24) is 20.3 Å². The summed E-state index contributed by atoms with van der Waals surface area (Å²) in [6.07, 6.45) is -3.19. The van der Waals surface area contributed by atoms with Crippen molar-refractivity contribution in [3.8, 4) is 0 Å². The van der Waals surface area contributed by atoms with E-state index in [-0.39, 0.29) is 12.1 Å². The molecule has 2 N–H and O–H groups in total. The van der Waals surface area contributed by atoms with Gasteiger partial charge >= 0.3 is 6.18 Å². The summed E-state index contributed by atoms with van der Waals surface area (Å²) < 4.78 is 42.7. The Kier molecular flexibility index (Phi) is 3.19. The lowest BCUT2D eigenvalue weighted by Crippen LogP contribution is -2.09. The van der Waals surface area contributed by atoms with Gasteiger partial charge in [-0.15, -0.1) is 0 Å². The van der Waals surface area contributed by atoms with Crippen LogP contribution in [0.25, 0.3) is 11.2 Å². The molecule has 3 heterocycles. The highest BCUT2D eigenvalue weighted by atomic mass is 19.4. The number of nitrogen functional groups attached to an aromatic ring is 1. The number of nitrogens with two attached hydrogens (primary N) is 1. The second-order valence-corrected chi connectivity index (χ2v) is 4.75. The van der Waals surface area contributed by atoms with E-state index in [4.69, 9.17) is 5.73 Å². The number of pyridine rings is 2. The summed E-state index contributed by atoms with van der Waals surface area (Å²) in [5.74, 6) is 0. The summed E-state index contributed by atoms with van der Waals surface area (Å²) in [7, 11) is 0. The van der Waals surface area contributed by atoms with Gasteiger partial charge in [0, 0.05) is 23.9 Å². The Morgan fingerprint density at radius 2 is 2.05 bits per heavy atom. The molecule has 22 heavy (non-hydrogen) atoms. The molecule has 0 bridgehead atoms. The van der Waals surface area contributed by atoms with Gasteiger partial charge in [-0.3, -0.25) is 4.98 Å². The first-order valence-corrected chi connectivity index (χ1v) is 6.25. The molecule has 0 aliphatic rings. The number of aromatic nitrogens is 4. The standard InChI is InChI=1S/C13H10F3N5O/c1-6-8(10(17)11-12(19-6)21-22-20-11)4-7-2-3-18-9(5-7)13(14,15)16/h2-3,5H,4,17H2,1H3. The van der Waals surface area contributed by atoms with Crippen molar-refractivity contribution in [2.45, 2.75) is 19.5 Å². The first kappa shape index (κ1) is 14.2. The third-order valence-corrected chi connectivity index (χ3v) is 3.26. The molecular formula is C13H10F3N5O. The molecule has 0 saturated carbocycles. The topological polar surface area (TPSA) is 90.7 Å². The molecule has 0 fully saturated rings. The van der Waals surface area contributed by atoms with Gasteiger partial charge in [-0.05, 0) is 34.9 Å². The Morgan fingerprint density at radius 3 is 2.77 bits per heavy atom. The molecule has 0 aromatic carbocycles. The molecule has 0 spiro atoms. The molecular weight excluding hydrogens is 299 g/mol. The zero-order valence-electron chi connectivity index (χ0n) is 11.3. The molecule has 0 aliphatic carbocycles. The minimum atomic E-state index is -4.49. The van der Waals surface area contributed by atoms with Crippen LogP contribution in [-0.4, -0.2) is 20.3 Å². The van der Waals surface area contributed by atoms with Crippen LogP contribution in [0.1, 0.15) is 22.5 Å². The van der Waals surface area contributed by atoms with Crippen LogP contribution in [0.5, 0.6) is 0 Å². The van der Waals surface area contributed by atoms with Crippen LogP contribution >= 0.6 is 0 Å². The Labute approximate surface area is 122 Å². The number of hydrogen-bond acceptors (Lipinski definition) is 6. The van der Waals surface area contributed by atoms with Crippen LogP contribution in [0.3, 0.4) is 0 Å². The zero-order chi connectivity index (χ0) is 15.9. The third-order valence-electron chi connectivity index (χ3n) is 3.26. The van der Waals surface area contributed by atoms with E-state index < -0.39 is 11.9 Å². The fourth-order valence-corrected chi connectivity index (χ4v) is 2.16. The van der Waals surface area contributed by atoms with E-state index in [0.717, 1.165) is 12.3 Å². The normalized spacial score (nSPS) is 12.0. The first-order valence-electron chi connectivity index (χ1n) is 6.25. The Hall–Kier alpha value is -2.71. The summed E-state index contributed by atoms with van der Waals surface area (Å²) >= 11 is 0.